The molecule has 1 aromatic carbocycles. The molecule has 0 fully saturated rings. The van der Waals surface area contributed by atoms with Gasteiger partial charge in [-0.2, -0.15) is 0 Å². The van der Waals surface area contributed by atoms with Gasteiger partial charge in [-0.25, -0.2) is 0 Å². The van der Waals surface area contributed by atoms with Crippen molar-refractivity contribution in [3.8, 4) is 12.3 Å². The molecule has 1 aliphatic heterocycles. The Balaban J connectivity index is 1.97. The van der Waals surface area contributed by atoms with Gasteiger partial charge in [0.05, 0.1) is 24.5 Å². The number of aliphatic imine (C=N–C) groups is 1. The second-order valence-electron chi connectivity index (χ2n) is 8.17. The third-order valence-electron chi connectivity index (χ3n) is 5.30. The maximum absolute atomic E-state index is 13.5. The second kappa shape index (κ2) is 9.64. The lowest BCUT2D eigenvalue weighted by atomic mass is 9.93. The molecule has 2 unspecified atom stereocenters. The van der Waals surface area contributed by atoms with Crippen LogP contribution in [0.1, 0.15) is 37.1 Å². The van der Waals surface area contributed by atoms with Crippen molar-refractivity contribution in [1.82, 2.24) is 14.9 Å². The summed E-state index contributed by atoms with van der Waals surface area (Å²) in [5.41, 5.74) is 4.47. The average molecular weight is 404 g/mol. The van der Waals surface area contributed by atoms with Crippen molar-refractivity contribution in [1.29, 1.82) is 0 Å². The van der Waals surface area contributed by atoms with Crippen LogP contribution in [0.5, 0.6) is 0 Å². The predicted octanol–water partition coefficient (Wildman–Crippen LogP) is 3.25. The highest BCUT2D eigenvalue weighted by Gasteiger charge is 2.38. The maximum Gasteiger partial charge on any atom is 0.244 e. The van der Waals surface area contributed by atoms with Crippen LogP contribution in [0.3, 0.4) is 0 Å². The summed E-state index contributed by atoms with van der Waals surface area (Å²) in [5.74, 6) is 3.01. The van der Waals surface area contributed by atoms with Crippen LogP contribution >= 0.6 is 0 Å². The molecule has 6 heteroatoms. The van der Waals surface area contributed by atoms with Gasteiger partial charge in [0.1, 0.15) is 11.7 Å². The van der Waals surface area contributed by atoms with Crippen LogP contribution in [-0.2, 0) is 4.79 Å². The van der Waals surface area contributed by atoms with E-state index >= 15 is 0 Å². The number of carbonyl (C=O) groups excluding carboxylic acids is 1. The van der Waals surface area contributed by atoms with Gasteiger partial charge < -0.3 is 5.32 Å². The number of benzene rings is 1. The number of hydrogen-bond acceptors (Lipinski definition) is 5. The normalized spacial score (nSPS) is 19.3. The molecule has 30 heavy (non-hydrogen) atoms. The van der Waals surface area contributed by atoms with E-state index in [0.717, 1.165) is 34.6 Å². The summed E-state index contributed by atoms with van der Waals surface area (Å²) in [6, 6.07) is 5.33. The zero-order valence-corrected chi connectivity index (χ0v) is 18.1. The standard InChI is InChI=1S/C24H29N5O/c1-6-12-29-15-21(20-14-25-10-11-26-20)27-19(13-16(2)3)23(29)24(30)28-22-17(4)8-7-9-18(22)5/h1,7-11,14,16,19,23H,12-13,15H2,2-5H3,(H,28,30). The van der Waals surface area contributed by atoms with Crippen LogP contribution < -0.4 is 5.32 Å². The lowest BCUT2D eigenvalue weighted by molar-refractivity contribution is -0.121. The number of hydrogen-bond donors (Lipinski definition) is 1. The Morgan fingerprint density at radius 1 is 1.30 bits per heavy atom. The minimum atomic E-state index is -0.442. The van der Waals surface area contributed by atoms with E-state index in [2.05, 4.69) is 35.1 Å². The SMILES string of the molecule is C#CCN1CC(c2cnccn2)=NC(CC(C)C)C1C(=O)Nc1c(C)cccc1C. The Labute approximate surface area is 178 Å². The van der Waals surface area contributed by atoms with Gasteiger partial charge in [0.15, 0.2) is 0 Å². The van der Waals surface area contributed by atoms with E-state index in [1.165, 1.54) is 0 Å². The summed E-state index contributed by atoms with van der Waals surface area (Å²) in [4.78, 5) is 29.0. The first kappa shape index (κ1) is 21.7. The summed E-state index contributed by atoms with van der Waals surface area (Å²) >= 11 is 0. The Kier molecular flexibility index (Phi) is 6.96. The summed E-state index contributed by atoms with van der Waals surface area (Å²) in [7, 11) is 0. The molecular weight excluding hydrogens is 374 g/mol. The molecule has 0 spiro atoms. The quantitative estimate of drug-likeness (QED) is 0.752. The number of amides is 1. The van der Waals surface area contributed by atoms with E-state index in [-0.39, 0.29) is 11.9 Å². The zero-order valence-electron chi connectivity index (χ0n) is 18.1. The van der Waals surface area contributed by atoms with Gasteiger partial charge in [0.25, 0.3) is 0 Å². The second-order valence-corrected chi connectivity index (χ2v) is 8.17. The number of para-hydroxylation sites is 1. The third-order valence-corrected chi connectivity index (χ3v) is 5.30. The molecule has 2 atom stereocenters. The molecule has 0 saturated heterocycles. The molecule has 2 heterocycles. The highest BCUT2D eigenvalue weighted by molar-refractivity contribution is 6.03. The third kappa shape index (κ3) is 4.92. The topological polar surface area (TPSA) is 70.5 Å². The molecule has 1 amide bonds. The molecule has 1 aromatic heterocycles. The first-order valence-electron chi connectivity index (χ1n) is 10.3. The van der Waals surface area contributed by atoms with Crippen LogP contribution in [0, 0.1) is 32.1 Å². The highest BCUT2D eigenvalue weighted by Crippen LogP contribution is 2.26. The van der Waals surface area contributed by atoms with Crippen molar-refractivity contribution in [3.05, 3.63) is 53.6 Å². The summed E-state index contributed by atoms with van der Waals surface area (Å²) in [6.45, 7) is 9.09. The van der Waals surface area contributed by atoms with Gasteiger partial charge in [-0.05, 0) is 37.3 Å². The first-order chi connectivity index (χ1) is 14.4. The number of nitrogens with one attached hydrogen (secondary N) is 1. The fourth-order valence-corrected chi connectivity index (χ4v) is 3.93. The number of rotatable bonds is 6. The summed E-state index contributed by atoms with van der Waals surface area (Å²) in [6.07, 6.45) is 11.4. The van der Waals surface area contributed by atoms with Gasteiger partial charge in [-0.3, -0.25) is 24.7 Å². The van der Waals surface area contributed by atoms with Crippen LogP contribution in [0.4, 0.5) is 5.69 Å². The van der Waals surface area contributed by atoms with Crippen molar-refractivity contribution in [2.24, 2.45) is 10.9 Å². The molecule has 0 aliphatic carbocycles. The fourth-order valence-electron chi connectivity index (χ4n) is 3.93. The molecule has 6 nitrogen and oxygen atoms in total. The Bertz CT molecular complexity index is 941. The van der Waals surface area contributed by atoms with Crippen molar-refractivity contribution in [2.75, 3.05) is 18.4 Å². The Morgan fingerprint density at radius 3 is 2.63 bits per heavy atom. The van der Waals surface area contributed by atoms with Gasteiger partial charge in [0, 0.05) is 24.6 Å². The number of aryl methyl sites for hydroxylation is 2. The van der Waals surface area contributed by atoms with Gasteiger partial charge in [-0.15, -0.1) is 6.42 Å². The first-order valence-corrected chi connectivity index (χ1v) is 10.3. The lowest BCUT2D eigenvalue weighted by Gasteiger charge is -2.38. The maximum atomic E-state index is 13.5. The molecule has 1 N–H and O–H groups in total. The number of carbonyl (C=O) groups is 1. The van der Waals surface area contributed by atoms with Crippen LogP contribution in [-0.4, -0.2) is 51.7 Å². The van der Waals surface area contributed by atoms with Gasteiger partial charge in [0.2, 0.25) is 5.91 Å². The van der Waals surface area contributed by atoms with E-state index in [1.807, 2.05) is 36.9 Å². The fraction of sp³-hybridized carbons (Fsp3) is 0.417. The monoisotopic (exact) mass is 403 g/mol. The minimum absolute atomic E-state index is 0.0738. The van der Waals surface area contributed by atoms with Gasteiger partial charge >= 0.3 is 0 Å². The van der Waals surface area contributed by atoms with Crippen LogP contribution in [0.2, 0.25) is 0 Å². The van der Waals surface area contributed by atoms with Crippen molar-refractivity contribution < 1.29 is 4.79 Å². The smallest absolute Gasteiger partial charge is 0.244 e. The van der Waals surface area contributed by atoms with Crippen molar-refractivity contribution >= 4 is 17.3 Å². The highest BCUT2D eigenvalue weighted by atomic mass is 16.2. The predicted molar refractivity (Wildman–Crippen MR) is 121 cm³/mol. The lowest BCUT2D eigenvalue weighted by Crippen LogP contribution is -2.56. The molecule has 3 rings (SSSR count). The van der Waals surface area contributed by atoms with Crippen molar-refractivity contribution in [3.63, 3.8) is 0 Å². The molecule has 2 aromatic rings. The summed E-state index contributed by atoms with van der Waals surface area (Å²) in [5, 5.41) is 3.15. The zero-order chi connectivity index (χ0) is 21.7. The molecule has 1 aliphatic rings. The average Bonchev–Trinajstić information content (AvgIpc) is 2.71. The van der Waals surface area contributed by atoms with E-state index in [0.29, 0.717) is 19.0 Å². The molecule has 0 bridgehead atoms. The molecule has 0 radical (unpaired) electrons. The van der Waals surface area contributed by atoms with E-state index in [9.17, 15) is 4.79 Å². The molecule has 0 saturated carbocycles. The number of anilines is 1. The Morgan fingerprint density at radius 2 is 2.03 bits per heavy atom. The Hall–Kier alpha value is -3.04. The number of terminal acetylenes is 1. The van der Waals surface area contributed by atoms with Gasteiger partial charge in [-0.1, -0.05) is 38.0 Å². The largest absolute Gasteiger partial charge is 0.324 e. The van der Waals surface area contributed by atoms with Crippen LogP contribution in [0.25, 0.3) is 0 Å². The van der Waals surface area contributed by atoms with Crippen molar-refractivity contribution in [2.45, 2.75) is 46.2 Å². The number of nitrogens with zero attached hydrogens (tertiary/aromatic N) is 4. The molecule has 156 valence electrons. The van der Waals surface area contributed by atoms with E-state index < -0.39 is 6.04 Å². The molecular formula is C24H29N5O. The number of aromatic nitrogens is 2. The van der Waals surface area contributed by atoms with E-state index in [1.54, 1.807) is 18.6 Å². The minimum Gasteiger partial charge on any atom is -0.324 e. The summed E-state index contributed by atoms with van der Waals surface area (Å²) < 4.78 is 0. The van der Waals surface area contributed by atoms with E-state index in [4.69, 9.17) is 11.4 Å². The van der Waals surface area contributed by atoms with Crippen LogP contribution in [0.15, 0.2) is 41.8 Å².